The number of amides is 1. The van der Waals surface area contributed by atoms with Gasteiger partial charge < -0.3 is 15.7 Å². The van der Waals surface area contributed by atoms with Gasteiger partial charge in [0.15, 0.2) is 0 Å². The van der Waals surface area contributed by atoms with Crippen molar-refractivity contribution in [2.75, 3.05) is 26.2 Å². The first-order valence-electron chi connectivity index (χ1n) is 6.47. The Hall–Kier alpha value is -0.870. The van der Waals surface area contributed by atoms with Gasteiger partial charge in [-0.25, -0.2) is 0 Å². The summed E-state index contributed by atoms with van der Waals surface area (Å²) in [5.41, 5.74) is 0. The Morgan fingerprint density at radius 1 is 1.35 bits per heavy atom. The van der Waals surface area contributed by atoms with Gasteiger partial charge in [0.2, 0.25) is 5.91 Å². The number of hydrogen-bond donors (Lipinski definition) is 3. The number of aliphatic hydroxyl groups is 1. The van der Waals surface area contributed by atoms with Crippen LogP contribution in [0.5, 0.6) is 0 Å². The van der Waals surface area contributed by atoms with Gasteiger partial charge in [0.05, 0.1) is 6.54 Å². The summed E-state index contributed by atoms with van der Waals surface area (Å²) in [6.07, 6.45) is 6.36. The Balaban J connectivity index is 2.19. The molecule has 2 atom stereocenters. The maximum atomic E-state index is 11.5. The molecule has 0 radical (unpaired) electrons. The number of hydrogen-bond acceptors (Lipinski definition) is 3. The van der Waals surface area contributed by atoms with Gasteiger partial charge in [-0.05, 0) is 24.7 Å². The third kappa shape index (κ3) is 5.33. The predicted octanol–water partition coefficient (Wildman–Crippen LogP) is 0.677. The van der Waals surface area contributed by atoms with Crippen molar-refractivity contribution in [3.63, 3.8) is 0 Å². The zero-order valence-corrected chi connectivity index (χ0v) is 10.5. The summed E-state index contributed by atoms with van der Waals surface area (Å²) in [6.45, 7) is 5.50. The van der Waals surface area contributed by atoms with Crippen LogP contribution in [0.4, 0.5) is 0 Å². The monoisotopic (exact) mass is 240 g/mol. The SMILES string of the molecule is C=CCNCC(=O)NCC1CCCCC1CO. The van der Waals surface area contributed by atoms with E-state index in [2.05, 4.69) is 17.2 Å². The summed E-state index contributed by atoms with van der Waals surface area (Å²) in [6, 6.07) is 0. The normalized spacial score (nSPS) is 24.3. The van der Waals surface area contributed by atoms with Crippen LogP contribution < -0.4 is 10.6 Å². The molecule has 1 amide bonds. The molecule has 0 aromatic carbocycles. The summed E-state index contributed by atoms with van der Waals surface area (Å²) in [4.78, 5) is 11.5. The lowest BCUT2D eigenvalue weighted by atomic mass is 9.79. The third-order valence-electron chi connectivity index (χ3n) is 3.44. The summed E-state index contributed by atoms with van der Waals surface area (Å²) >= 11 is 0. The Morgan fingerprint density at radius 3 is 2.71 bits per heavy atom. The zero-order valence-electron chi connectivity index (χ0n) is 10.5. The van der Waals surface area contributed by atoms with E-state index in [9.17, 15) is 9.90 Å². The first-order chi connectivity index (χ1) is 8.27. The molecule has 0 saturated heterocycles. The highest BCUT2D eigenvalue weighted by Crippen LogP contribution is 2.28. The fraction of sp³-hybridized carbons (Fsp3) is 0.769. The van der Waals surface area contributed by atoms with Crippen molar-refractivity contribution >= 4 is 5.91 Å². The van der Waals surface area contributed by atoms with Crippen molar-refractivity contribution in [2.24, 2.45) is 11.8 Å². The van der Waals surface area contributed by atoms with E-state index >= 15 is 0 Å². The van der Waals surface area contributed by atoms with Gasteiger partial charge in [0.25, 0.3) is 0 Å². The molecule has 0 aromatic rings. The largest absolute Gasteiger partial charge is 0.396 e. The first kappa shape index (κ1) is 14.2. The van der Waals surface area contributed by atoms with E-state index in [1.54, 1.807) is 6.08 Å². The van der Waals surface area contributed by atoms with E-state index < -0.39 is 0 Å². The van der Waals surface area contributed by atoms with Crippen LogP contribution in [-0.4, -0.2) is 37.3 Å². The Labute approximate surface area is 103 Å². The molecule has 0 aromatic heterocycles. The van der Waals surface area contributed by atoms with Crippen LogP contribution in [0.1, 0.15) is 25.7 Å². The first-order valence-corrected chi connectivity index (χ1v) is 6.47. The molecular formula is C13H24N2O2. The van der Waals surface area contributed by atoms with Crippen molar-refractivity contribution in [2.45, 2.75) is 25.7 Å². The van der Waals surface area contributed by atoms with Gasteiger partial charge in [-0.15, -0.1) is 6.58 Å². The Kier molecular flexibility index (Phi) is 6.89. The van der Waals surface area contributed by atoms with E-state index in [4.69, 9.17) is 0 Å². The lowest BCUT2D eigenvalue weighted by Gasteiger charge is -2.30. The van der Waals surface area contributed by atoms with Crippen LogP contribution in [-0.2, 0) is 4.79 Å². The van der Waals surface area contributed by atoms with E-state index in [1.807, 2.05) is 0 Å². The molecule has 17 heavy (non-hydrogen) atoms. The molecule has 2 unspecified atom stereocenters. The van der Waals surface area contributed by atoms with Gasteiger partial charge >= 0.3 is 0 Å². The second-order valence-corrected chi connectivity index (χ2v) is 4.71. The molecule has 0 bridgehead atoms. The molecule has 3 N–H and O–H groups in total. The molecule has 1 aliphatic carbocycles. The minimum atomic E-state index is 0.0223. The van der Waals surface area contributed by atoms with Crippen LogP contribution in [0.2, 0.25) is 0 Å². The molecule has 0 heterocycles. The van der Waals surface area contributed by atoms with Crippen molar-refractivity contribution in [3.05, 3.63) is 12.7 Å². The van der Waals surface area contributed by atoms with Crippen molar-refractivity contribution < 1.29 is 9.90 Å². The smallest absolute Gasteiger partial charge is 0.233 e. The van der Waals surface area contributed by atoms with Crippen LogP contribution in [0.3, 0.4) is 0 Å². The quantitative estimate of drug-likeness (QED) is 0.453. The zero-order chi connectivity index (χ0) is 12.5. The average molecular weight is 240 g/mol. The third-order valence-corrected chi connectivity index (χ3v) is 3.44. The standard InChI is InChI=1S/C13H24N2O2/c1-2-7-14-9-13(17)15-8-11-5-3-4-6-12(11)10-16/h2,11-12,14,16H,1,3-10H2,(H,15,17). The molecule has 1 aliphatic rings. The maximum Gasteiger partial charge on any atom is 0.233 e. The number of nitrogens with one attached hydrogen (secondary N) is 2. The highest BCUT2D eigenvalue weighted by Gasteiger charge is 2.24. The van der Waals surface area contributed by atoms with Crippen LogP contribution in [0.25, 0.3) is 0 Å². The summed E-state index contributed by atoms with van der Waals surface area (Å²) in [5.74, 6) is 0.830. The Bertz CT molecular complexity index is 244. The lowest BCUT2D eigenvalue weighted by Crippen LogP contribution is -2.39. The van der Waals surface area contributed by atoms with E-state index in [0.29, 0.717) is 31.5 Å². The second-order valence-electron chi connectivity index (χ2n) is 4.71. The van der Waals surface area contributed by atoms with Gasteiger partial charge in [-0.2, -0.15) is 0 Å². The second kappa shape index (κ2) is 8.25. The molecule has 4 nitrogen and oxygen atoms in total. The van der Waals surface area contributed by atoms with Crippen LogP contribution in [0.15, 0.2) is 12.7 Å². The van der Waals surface area contributed by atoms with Crippen molar-refractivity contribution in [1.29, 1.82) is 0 Å². The van der Waals surface area contributed by atoms with Gasteiger partial charge in [0, 0.05) is 19.7 Å². The molecule has 1 saturated carbocycles. The molecule has 1 fully saturated rings. The Morgan fingerprint density at radius 2 is 2.06 bits per heavy atom. The number of carbonyl (C=O) groups excluding carboxylic acids is 1. The van der Waals surface area contributed by atoms with E-state index in [-0.39, 0.29) is 12.5 Å². The van der Waals surface area contributed by atoms with Crippen LogP contribution >= 0.6 is 0 Å². The van der Waals surface area contributed by atoms with Gasteiger partial charge in [-0.3, -0.25) is 4.79 Å². The minimum Gasteiger partial charge on any atom is -0.396 e. The molecule has 0 spiro atoms. The molecule has 4 heteroatoms. The summed E-state index contributed by atoms with van der Waals surface area (Å²) in [5, 5.41) is 15.2. The fourth-order valence-corrected chi connectivity index (χ4v) is 2.39. The van der Waals surface area contributed by atoms with E-state index in [1.165, 1.54) is 12.8 Å². The molecular weight excluding hydrogens is 216 g/mol. The molecule has 98 valence electrons. The van der Waals surface area contributed by atoms with Crippen LogP contribution in [0, 0.1) is 11.8 Å². The van der Waals surface area contributed by atoms with Crippen molar-refractivity contribution in [3.8, 4) is 0 Å². The van der Waals surface area contributed by atoms with Gasteiger partial charge in [-0.1, -0.05) is 18.9 Å². The summed E-state index contributed by atoms with van der Waals surface area (Å²) in [7, 11) is 0. The highest BCUT2D eigenvalue weighted by atomic mass is 16.3. The van der Waals surface area contributed by atoms with Gasteiger partial charge in [0.1, 0.15) is 0 Å². The topological polar surface area (TPSA) is 61.4 Å². The van der Waals surface area contributed by atoms with E-state index in [0.717, 1.165) is 12.8 Å². The fourth-order valence-electron chi connectivity index (χ4n) is 2.39. The minimum absolute atomic E-state index is 0.0223. The average Bonchev–Trinajstić information content (AvgIpc) is 2.37. The highest BCUT2D eigenvalue weighted by molar-refractivity contribution is 5.77. The number of aliphatic hydroxyl groups excluding tert-OH is 1. The molecule has 0 aliphatic heterocycles. The number of carbonyl (C=O) groups is 1. The predicted molar refractivity (Wildman–Crippen MR) is 68.6 cm³/mol. The van der Waals surface area contributed by atoms with Crippen molar-refractivity contribution in [1.82, 2.24) is 10.6 Å². The summed E-state index contributed by atoms with van der Waals surface area (Å²) < 4.78 is 0. The molecule has 1 rings (SSSR count). The lowest BCUT2D eigenvalue weighted by molar-refractivity contribution is -0.120. The number of rotatable bonds is 7. The maximum absolute atomic E-state index is 11.5.